The third-order valence-corrected chi connectivity index (χ3v) is 4.63. The van der Waals surface area contributed by atoms with Gasteiger partial charge in [0.15, 0.2) is 11.5 Å². The minimum atomic E-state index is -0.579. The summed E-state index contributed by atoms with van der Waals surface area (Å²) in [5, 5.41) is 12.1. The van der Waals surface area contributed by atoms with Gasteiger partial charge in [-0.3, -0.25) is 4.79 Å². The van der Waals surface area contributed by atoms with E-state index in [0.29, 0.717) is 34.3 Å². The van der Waals surface area contributed by atoms with Gasteiger partial charge in [-0.15, -0.1) is 0 Å². The van der Waals surface area contributed by atoms with Gasteiger partial charge in [-0.05, 0) is 60.2 Å². The standard InChI is InChI=1S/C25H22N2O7/c1-30-19-7-5-18(6-8-19)27-24(28)17(14-26)12-16-4-10-21(23(13-16)31-2)33-15-20-9-11-22(34-20)25(29)32-3/h4-13H,15H2,1-3H3,(H,27,28). The summed E-state index contributed by atoms with van der Waals surface area (Å²) in [5.41, 5.74) is 1.01. The Bertz CT molecular complexity index is 1240. The van der Waals surface area contributed by atoms with Gasteiger partial charge in [0.2, 0.25) is 5.76 Å². The Morgan fingerprint density at radius 1 is 1.00 bits per heavy atom. The molecule has 0 bridgehead atoms. The van der Waals surface area contributed by atoms with E-state index in [-0.39, 0.29) is 17.9 Å². The molecule has 1 heterocycles. The van der Waals surface area contributed by atoms with Gasteiger partial charge in [0.1, 0.15) is 29.8 Å². The Labute approximate surface area is 196 Å². The molecule has 1 aromatic heterocycles. The van der Waals surface area contributed by atoms with Gasteiger partial charge in [0.25, 0.3) is 5.91 Å². The van der Waals surface area contributed by atoms with Crippen LogP contribution in [0.15, 0.2) is 64.6 Å². The van der Waals surface area contributed by atoms with Crippen molar-refractivity contribution in [3.8, 4) is 23.3 Å². The molecule has 9 heteroatoms. The second kappa shape index (κ2) is 11.2. The molecule has 0 fully saturated rings. The largest absolute Gasteiger partial charge is 0.497 e. The van der Waals surface area contributed by atoms with Crippen molar-refractivity contribution in [2.45, 2.75) is 6.61 Å². The van der Waals surface area contributed by atoms with E-state index < -0.39 is 11.9 Å². The molecular formula is C25H22N2O7. The average molecular weight is 462 g/mol. The number of amides is 1. The van der Waals surface area contributed by atoms with E-state index in [0.717, 1.165) is 0 Å². The maximum atomic E-state index is 12.5. The van der Waals surface area contributed by atoms with Crippen LogP contribution in [0.5, 0.6) is 17.2 Å². The summed E-state index contributed by atoms with van der Waals surface area (Å²) in [5.74, 6) is 0.826. The molecule has 0 saturated heterocycles. The van der Waals surface area contributed by atoms with E-state index in [1.165, 1.54) is 26.4 Å². The lowest BCUT2D eigenvalue weighted by molar-refractivity contribution is -0.112. The Hall–Kier alpha value is -4.71. The summed E-state index contributed by atoms with van der Waals surface area (Å²) in [6.07, 6.45) is 1.44. The van der Waals surface area contributed by atoms with Crippen LogP contribution in [0, 0.1) is 11.3 Å². The number of carbonyl (C=O) groups is 2. The van der Waals surface area contributed by atoms with Crippen LogP contribution in [-0.2, 0) is 16.1 Å². The quantitative estimate of drug-likeness (QED) is 0.285. The molecule has 1 N–H and O–H groups in total. The van der Waals surface area contributed by atoms with E-state index >= 15 is 0 Å². The van der Waals surface area contributed by atoms with Crippen molar-refractivity contribution in [1.82, 2.24) is 0 Å². The summed E-state index contributed by atoms with van der Waals surface area (Å²) in [6, 6.07) is 16.7. The second-order valence-electron chi connectivity index (χ2n) is 6.81. The topological polar surface area (TPSA) is 120 Å². The highest BCUT2D eigenvalue weighted by Gasteiger charge is 2.14. The predicted octanol–water partition coefficient (Wildman–Crippen LogP) is 4.21. The molecule has 0 aliphatic carbocycles. The zero-order chi connectivity index (χ0) is 24.5. The van der Waals surface area contributed by atoms with Gasteiger partial charge < -0.3 is 28.7 Å². The minimum absolute atomic E-state index is 0.0518. The van der Waals surface area contributed by atoms with Crippen LogP contribution >= 0.6 is 0 Å². The summed E-state index contributed by atoms with van der Waals surface area (Å²) in [4.78, 5) is 24.0. The van der Waals surface area contributed by atoms with Gasteiger partial charge in [-0.1, -0.05) is 6.07 Å². The van der Waals surface area contributed by atoms with E-state index in [9.17, 15) is 14.9 Å². The number of esters is 1. The lowest BCUT2D eigenvalue weighted by atomic mass is 10.1. The van der Waals surface area contributed by atoms with Crippen LogP contribution in [0.25, 0.3) is 6.08 Å². The Morgan fingerprint density at radius 3 is 2.41 bits per heavy atom. The van der Waals surface area contributed by atoms with Crippen molar-refractivity contribution in [1.29, 1.82) is 5.26 Å². The first-order valence-corrected chi connectivity index (χ1v) is 10.0. The molecule has 3 rings (SSSR count). The number of hydrogen-bond donors (Lipinski definition) is 1. The monoisotopic (exact) mass is 462 g/mol. The number of rotatable bonds is 9. The third-order valence-electron chi connectivity index (χ3n) is 4.63. The number of ether oxygens (including phenoxy) is 4. The van der Waals surface area contributed by atoms with E-state index in [1.54, 1.807) is 55.6 Å². The first-order chi connectivity index (χ1) is 16.5. The zero-order valence-corrected chi connectivity index (χ0v) is 18.8. The smallest absolute Gasteiger partial charge is 0.373 e. The average Bonchev–Trinajstić information content (AvgIpc) is 3.35. The maximum Gasteiger partial charge on any atom is 0.373 e. The molecular weight excluding hydrogens is 440 g/mol. The number of anilines is 1. The fourth-order valence-corrected chi connectivity index (χ4v) is 2.90. The van der Waals surface area contributed by atoms with Crippen LogP contribution in [0.2, 0.25) is 0 Å². The van der Waals surface area contributed by atoms with E-state index in [2.05, 4.69) is 10.1 Å². The molecule has 0 aliphatic rings. The van der Waals surface area contributed by atoms with E-state index in [1.807, 2.05) is 6.07 Å². The zero-order valence-electron chi connectivity index (χ0n) is 18.8. The van der Waals surface area contributed by atoms with Crippen molar-refractivity contribution in [3.63, 3.8) is 0 Å². The van der Waals surface area contributed by atoms with Gasteiger partial charge in [-0.25, -0.2) is 4.79 Å². The second-order valence-corrected chi connectivity index (χ2v) is 6.81. The molecule has 174 valence electrons. The summed E-state index contributed by atoms with van der Waals surface area (Å²) >= 11 is 0. The maximum absolute atomic E-state index is 12.5. The first-order valence-electron chi connectivity index (χ1n) is 10.0. The highest BCUT2D eigenvalue weighted by molar-refractivity contribution is 6.09. The molecule has 0 aliphatic heterocycles. The van der Waals surface area contributed by atoms with E-state index in [4.69, 9.17) is 18.6 Å². The number of benzene rings is 2. The molecule has 0 atom stereocenters. The van der Waals surface area contributed by atoms with Crippen molar-refractivity contribution in [3.05, 3.63) is 77.3 Å². The first kappa shape index (κ1) is 23.9. The van der Waals surface area contributed by atoms with Crippen molar-refractivity contribution < 1.29 is 33.0 Å². The van der Waals surface area contributed by atoms with Crippen LogP contribution in [0.4, 0.5) is 5.69 Å². The molecule has 3 aromatic rings. The van der Waals surface area contributed by atoms with Crippen LogP contribution < -0.4 is 19.5 Å². The Kier molecular flexibility index (Phi) is 7.92. The molecule has 1 amide bonds. The number of furan rings is 1. The summed E-state index contributed by atoms with van der Waals surface area (Å²) in [7, 11) is 4.29. The highest BCUT2D eigenvalue weighted by Crippen LogP contribution is 2.30. The molecule has 2 aromatic carbocycles. The molecule has 0 unspecified atom stereocenters. The van der Waals surface area contributed by atoms with Crippen LogP contribution in [0.3, 0.4) is 0 Å². The number of nitrogens with zero attached hydrogens (tertiary/aromatic N) is 1. The lowest BCUT2D eigenvalue weighted by Crippen LogP contribution is -2.13. The number of carbonyl (C=O) groups excluding carboxylic acids is 2. The number of nitriles is 1. The lowest BCUT2D eigenvalue weighted by Gasteiger charge is -2.11. The van der Waals surface area contributed by atoms with Crippen molar-refractivity contribution in [2.75, 3.05) is 26.6 Å². The van der Waals surface area contributed by atoms with Gasteiger partial charge in [0, 0.05) is 5.69 Å². The summed E-state index contributed by atoms with van der Waals surface area (Å²) in [6.45, 7) is 0.0518. The fraction of sp³-hybridized carbons (Fsp3) is 0.160. The third kappa shape index (κ3) is 5.95. The number of nitrogens with one attached hydrogen (secondary N) is 1. The molecule has 34 heavy (non-hydrogen) atoms. The fourth-order valence-electron chi connectivity index (χ4n) is 2.90. The molecule has 0 saturated carbocycles. The van der Waals surface area contributed by atoms with Gasteiger partial charge in [-0.2, -0.15) is 5.26 Å². The van der Waals surface area contributed by atoms with Gasteiger partial charge >= 0.3 is 5.97 Å². The van der Waals surface area contributed by atoms with Crippen molar-refractivity contribution >= 4 is 23.6 Å². The predicted molar refractivity (Wildman–Crippen MR) is 123 cm³/mol. The number of methoxy groups -OCH3 is 3. The Balaban J connectivity index is 1.71. The number of hydrogen-bond acceptors (Lipinski definition) is 8. The van der Waals surface area contributed by atoms with Crippen LogP contribution in [-0.4, -0.2) is 33.2 Å². The Morgan fingerprint density at radius 2 is 1.76 bits per heavy atom. The normalized spacial score (nSPS) is 10.7. The minimum Gasteiger partial charge on any atom is -0.497 e. The van der Waals surface area contributed by atoms with Crippen LogP contribution in [0.1, 0.15) is 21.9 Å². The molecule has 9 nitrogen and oxygen atoms in total. The highest BCUT2D eigenvalue weighted by atomic mass is 16.5. The van der Waals surface area contributed by atoms with Crippen molar-refractivity contribution in [2.24, 2.45) is 0 Å². The van der Waals surface area contributed by atoms with Gasteiger partial charge in [0.05, 0.1) is 21.3 Å². The molecule has 0 spiro atoms. The SMILES string of the molecule is COC(=O)c1ccc(COc2ccc(C=C(C#N)C(=O)Nc3ccc(OC)cc3)cc2OC)o1. The molecule has 0 radical (unpaired) electrons. The summed E-state index contributed by atoms with van der Waals surface area (Å²) < 4.78 is 26.2.